The number of aromatic nitrogens is 1. The quantitative estimate of drug-likeness (QED) is 0.841. The van der Waals surface area contributed by atoms with Crippen LogP contribution in [0.5, 0.6) is 0 Å². The zero-order chi connectivity index (χ0) is 12.2. The summed E-state index contributed by atoms with van der Waals surface area (Å²) in [5.41, 5.74) is 1.46. The Bertz CT molecular complexity index is 453. The first-order valence-electron chi connectivity index (χ1n) is 6.92. The largest absolute Gasteiger partial charge is 0.351 e. The van der Waals surface area contributed by atoms with Crippen LogP contribution in [0.4, 0.5) is 0 Å². The lowest BCUT2D eigenvalue weighted by Crippen LogP contribution is -3.11. The second kappa shape index (κ2) is 5.40. The highest BCUT2D eigenvalue weighted by molar-refractivity contribution is 5.13. The standard InChI is InChI=1S/C16H20N2/c1-2-6-15(7-3-1)14-17-12-8-16(9-13-17)18-10-4-5-11-18/h1-7,10-11,16H,8-9,12-14H2/p+1. The molecule has 1 fully saturated rings. The minimum atomic E-state index is 0.722. The second-order valence-corrected chi connectivity index (χ2v) is 5.27. The fourth-order valence-corrected chi connectivity index (χ4v) is 2.96. The monoisotopic (exact) mass is 241 g/mol. The number of quaternary nitrogens is 1. The lowest BCUT2D eigenvalue weighted by atomic mass is 10.0. The first-order chi connectivity index (χ1) is 8.92. The molecule has 1 aromatic carbocycles. The van der Waals surface area contributed by atoms with Crippen LogP contribution in [0.1, 0.15) is 24.4 Å². The third-order valence-electron chi connectivity index (χ3n) is 4.01. The highest BCUT2D eigenvalue weighted by Gasteiger charge is 2.22. The van der Waals surface area contributed by atoms with Gasteiger partial charge in [-0.3, -0.25) is 0 Å². The van der Waals surface area contributed by atoms with Gasteiger partial charge in [0.2, 0.25) is 0 Å². The number of nitrogens with one attached hydrogen (secondary N) is 1. The molecule has 0 saturated carbocycles. The van der Waals surface area contributed by atoms with Crippen LogP contribution in [0.3, 0.4) is 0 Å². The van der Waals surface area contributed by atoms with Crippen molar-refractivity contribution in [1.29, 1.82) is 0 Å². The molecule has 94 valence electrons. The lowest BCUT2D eigenvalue weighted by molar-refractivity contribution is -0.919. The van der Waals surface area contributed by atoms with Crippen LogP contribution in [-0.4, -0.2) is 17.7 Å². The van der Waals surface area contributed by atoms with E-state index in [1.54, 1.807) is 4.90 Å². The smallest absolute Gasteiger partial charge is 0.103 e. The SMILES string of the molecule is c1ccc(C[NH+]2CCC(n3cccc3)CC2)cc1. The summed E-state index contributed by atoms with van der Waals surface area (Å²) in [7, 11) is 0. The summed E-state index contributed by atoms with van der Waals surface area (Å²) in [6.45, 7) is 3.76. The Morgan fingerprint density at radius 3 is 2.28 bits per heavy atom. The first kappa shape index (κ1) is 11.5. The molecule has 2 heteroatoms. The van der Waals surface area contributed by atoms with Crippen molar-refractivity contribution in [2.45, 2.75) is 25.4 Å². The summed E-state index contributed by atoms with van der Waals surface area (Å²) in [4.78, 5) is 1.73. The summed E-state index contributed by atoms with van der Waals surface area (Å²) in [6, 6.07) is 15.8. The Labute approximate surface area is 109 Å². The molecule has 0 amide bonds. The molecule has 2 heterocycles. The third kappa shape index (κ3) is 2.65. The minimum absolute atomic E-state index is 0.722. The predicted molar refractivity (Wildman–Crippen MR) is 73.5 cm³/mol. The number of rotatable bonds is 3. The molecule has 0 aliphatic carbocycles. The Balaban J connectivity index is 1.54. The van der Waals surface area contributed by atoms with Crippen LogP contribution in [0.15, 0.2) is 54.9 Å². The topological polar surface area (TPSA) is 9.37 Å². The van der Waals surface area contributed by atoms with E-state index in [9.17, 15) is 0 Å². The molecule has 1 aliphatic heterocycles. The average Bonchev–Trinajstić information content (AvgIpc) is 2.95. The zero-order valence-electron chi connectivity index (χ0n) is 10.8. The molecule has 0 radical (unpaired) electrons. The van der Waals surface area contributed by atoms with Gasteiger partial charge in [0.25, 0.3) is 0 Å². The van der Waals surface area contributed by atoms with Gasteiger partial charge in [-0.05, 0) is 12.1 Å². The Morgan fingerprint density at radius 1 is 0.944 bits per heavy atom. The van der Waals surface area contributed by atoms with Crippen LogP contribution in [0, 0.1) is 0 Å². The predicted octanol–water partition coefficient (Wildman–Crippen LogP) is 1.91. The lowest BCUT2D eigenvalue weighted by Gasteiger charge is -2.30. The molecule has 0 spiro atoms. The summed E-state index contributed by atoms with van der Waals surface area (Å²) < 4.78 is 2.37. The summed E-state index contributed by atoms with van der Waals surface area (Å²) in [5, 5.41) is 0. The highest BCUT2D eigenvalue weighted by Crippen LogP contribution is 2.16. The van der Waals surface area contributed by atoms with Gasteiger partial charge in [0, 0.05) is 36.8 Å². The van der Waals surface area contributed by atoms with Crippen LogP contribution in [-0.2, 0) is 6.54 Å². The second-order valence-electron chi connectivity index (χ2n) is 5.27. The van der Waals surface area contributed by atoms with Crippen molar-refractivity contribution in [3.63, 3.8) is 0 Å². The molecule has 1 aliphatic rings. The van der Waals surface area contributed by atoms with Crippen molar-refractivity contribution < 1.29 is 4.90 Å². The number of hydrogen-bond acceptors (Lipinski definition) is 0. The first-order valence-corrected chi connectivity index (χ1v) is 6.92. The van der Waals surface area contributed by atoms with Crippen molar-refractivity contribution in [1.82, 2.24) is 4.57 Å². The van der Waals surface area contributed by atoms with Gasteiger partial charge in [-0.25, -0.2) is 0 Å². The molecule has 0 unspecified atom stereocenters. The number of hydrogen-bond donors (Lipinski definition) is 1. The summed E-state index contributed by atoms with van der Waals surface area (Å²) in [6.07, 6.45) is 7.01. The van der Waals surface area contributed by atoms with Crippen molar-refractivity contribution in [2.75, 3.05) is 13.1 Å². The van der Waals surface area contributed by atoms with Gasteiger partial charge >= 0.3 is 0 Å². The molecular weight excluding hydrogens is 220 g/mol. The number of nitrogens with zero attached hydrogens (tertiary/aromatic N) is 1. The molecule has 0 atom stereocenters. The van der Waals surface area contributed by atoms with E-state index in [2.05, 4.69) is 59.4 Å². The van der Waals surface area contributed by atoms with Gasteiger partial charge in [-0.2, -0.15) is 0 Å². The van der Waals surface area contributed by atoms with Crippen molar-refractivity contribution in [3.05, 3.63) is 60.4 Å². The van der Waals surface area contributed by atoms with E-state index in [0.717, 1.165) is 6.04 Å². The zero-order valence-corrected chi connectivity index (χ0v) is 10.8. The number of benzene rings is 1. The van der Waals surface area contributed by atoms with Gasteiger partial charge in [-0.1, -0.05) is 30.3 Å². The van der Waals surface area contributed by atoms with E-state index in [0.29, 0.717) is 0 Å². The van der Waals surface area contributed by atoms with E-state index >= 15 is 0 Å². The molecule has 0 bridgehead atoms. The molecule has 1 N–H and O–H groups in total. The number of likely N-dealkylation sites (tertiary alicyclic amines) is 1. The van der Waals surface area contributed by atoms with Crippen molar-refractivity contribution in [2.24, 2.45) is 0 Å². The van der Waals surface area contributed by atoms with Crippen LogP contribution in [0.2, 0.25) is 0 Å². The molecule has 3 rings (SSSR count). The molecule has 1 saturated heterocycles. The minimum Gasteiger partial charge on any atom is -0.351 e. The van der Waals surface area contributed by atoms with Gasteiger partial charge in [0.1, 0.15) is 6.54 Å². The van der Waals surface area contributed by atoms with E-state index in [-0.39, 0.29) is 0 Å². The fourth-order valence-electron chi connectivity index (χ4n) is 2.96. The normalized spacial score (nSPS) is 24.0. The van der Waals surface area contributed by atoms with Crippen LogP contribution >= 0.6 is 0 Å². The third-order valence-corrected chi connectivity index (χ3v) is 4.01. The molecular formula is C16H21N2+. The van der Waals surface area contributed by atoms with Gasteiger partial charge < -0.3 is 9.47 Å². The van der Waals surface area contributed by atoms with Crippen LogP contribution < -0.4 is 4.90 Å². The van der Waals surface area contributed by atoms with E-state index < -0.39 is 0 Å². The van der Waals surface area contributed by atoms with Gasteiger partial charge in [0.15, 0.2) is 0 Å². The maximum atomic E-state index is 2.37. The Kier molecular flexibility index (Phi) is 3.47. The number of piperidine rings is 1. The molecule has 2 aromatic rings. The van der Waals surface area contributed by atoms with E-state index in [1.807, 2.05) is 0 Å². The average molecular weight is 241 g/mol. The summed E-state index contributed by atoms with van der Waals surface area (Å²) in [5.74, 6) is 0. The van der Waals surface area contributed by atoms with Gasteiger partial charge in [0.05, 0.1) is 13.1 Å². The van der Waals surface area contributed by atoms with E-state index in [1.165, 1.54) is 38.0 Å². The van der Waals surface area contributed by atoms with Crippen molar-refractivity contribution in [3.8, 4) is 0 Å². The molecule has 2 nitrogen and oxygen atoms in total. The van der Waals surface area contributed by atoms with Crippen molar-refractivity contribution >= 4 is 0 Å². The maximum Gasteiger partial charge on any atom is 0.103 e. The molecule has 18 heavy (non-hydrogen) atoms. The van der Waals surface area contributed by atoms with Crippen LogP contribution in [0.25, 0.3) is 0 Å². The highest BCUT2D eigenvalue weighted by atomic mass is 15.1. The van der Waals surface area contributed by atoms with E-state index in [4.69, 9.17) is 0 Å². The Morgan fingerprint density at radius 2 is 1.61 bits per heavy atom. The molecule has 1 aromatic heterocycles. The maximum absolute atomic E-state index is 2.37. The Hall–Kier alpha value is -1.54. The fraction of sp³-hybridized carbons (Fsp3) is 0.375. The van der Waals surface area contributed by atoms with Gasteiger partial charge in [-0.15, -0.1) is 0 Å². The summed E-state index contributed by atoms with van der Waals surface area (Å²) >= 11 is 0.